The molecule has 0 aliphatic carbocycles. The van der Waals surface area contributed by atoms with E-state index in [4.69, 9.17) is 0 Å². The first-order valence-corrected chi connectivity index (χ1v) is 12.9. The van der Waals surface area contributed by atoms with Gasteiger partial charge >= 0.3 is 0 Å². The number of hydrogen-bond donors (Lipinski definition) is 1. The van der Waals surface area contributed by atoms with E-state index in [2.05, 4.69) is 30.4 Å². The molecule has 0 saturated carbocycles. The van der Waals surface area contributed by atoms with Gasteiger partial charge in [-0.25, -0.2) is 0 Å². The van der Waals surface area contributed by atoms with Gasteiger partial charge in [0, 0.05) is 25.3 Å². The summed E-state index contributed by atoms with van der Waals surface area (Å²) in [6, 6.07) is 25.8. The van der Waals surface area contributed by atoms with Gasteiger partial charge in [-0.1, -0.05) is 90.0 Å². The fraction of sp³-hybridized carbons (Fsp3) is 0.310. The Labute approximate surface area is 207 Å². The van der Waals surface area contributed by atoms with Crippen LogP contribution in [0.1, 0.15) is 34.7 Å². The average molecular weight is 475 g/mol. The summed E-state index contributed by atoms with van der Waals surface area (Å²) in [6.45, 7) is 6.95. The molecular weight excluding hydrogens is 440 g/mol. The van der Waals surface area contributed by atoms with E-state index >= 15 is 0 Å². The number of likely N-dealkylation sites (N-methyl/N-ethyl adjacent to an activating group) is 1. The van der Waals surface area contributed by atoms with Crippen molar-refractivity contribution in [2.75, 3.05) is 12.3 Å². The van der Waals surface area contributed by atoms with Gasteiger partial charge in [-0.3, -0.25) is 9.59 Å². The molecule has 3 aromatic rings. The second kappa shape index (κ2) is 13.0. The van der Waals surface area contributed by atoms with E-state index in [1.165, 1.54) is 16.7 Å². The molecule has 0 spiro atoms. The quantitative estimate of drug-likeness (QED) is 0.410. The van der Waals surface area contributed by atoms with Crippen LogP contribution in [0, 0.1) is 13.8 Å². The Morgan fingerprint density at radius 3 is 2.24 bits per heavy atom. The van der Waals surface area contributed by atoms with E-state index in [1.807, 2.05) is 74.5 Å². The summed E-state index contributed by atoms with van der Waals surface area (Å²) in [7, 11) is 0. The van der Waals surface area contributed by atoms with Crippen LogP contribution in [-0.4, -0.2) is 35.1 Å². The molecule has 3 rings (SSSR count). The molecule has 0 bridgehead atoms. The van der Waals surface area contributed by atoms with Gasteiger partial charge in [0.05, 0.1) is 5.75 Å². The summed E-state index contributed by atoms with van der Waals surface area (Å²) < 4.78 is 0. The van der Waals surface area contributed by atoms with Gasteiger partial charge in [0.1, 0.15) is 6.04 Å². The minimum absolute atomic E-state index is 0.0228. The molecule has 34 heavy (non-hydrogen) atoms. The first-order chi connectivity index (χ1) is 16.5. The monoisotopic (exact) mass is 474 g/mol. The van der Waals surface area contributed by atoms with Crippen LogP contribution in [-0.2, 0) is 28.3 Å². The van der Waals surface area contributed by atoms with Crippen molar-refractivity contribution in [3.8, 4) is 0 Å². The van der Waals surface area contributed by atoms with E-state index in [1.54, 1.807) is 16.7 Å². The van der Waals surface area contributed by atoms with E-state index in [9.17, 15) is 9.59 Å². The van der Waals surface area contributed by atoms with Crippen LogP contribution in [0.15, 0.2) is 78.9 Å². The molecule has 0 radical (unpaired) electrons. The van der Waals surface area contributed by atoms with E-state index in [0.29, 0.717) is 25.3 Å². The Morgan fingerprint density at radius 2 is 1.56 bits per heavy atom. The lowest BCUT2D eigenvalue weighted by Crippen LogP contribution is -2.51. The molecule has 0 unspecified atom stereocenters. The number of nitrogens with one attached hydrogen (secondary N) is 1. The van der Waals surface area contributed by atoms with Crippen LogP contribution < -0.4 is 5.32 Å². The SMILES string of the molecule is CCNC(=O)[C@@H](Cc1ccccc1)N(Cc1ccc(C)cc1)C(=O)CSCc1cccc(C)c1. The number of amides is 2. The second-order valence-electron chi connectivity index (χ2n) is 8.59. The van der Waals surface area contributed by atoms with Gasteiger partial charge in [0.25, 0.3) is 0 Å². The summed E-state index contributed by atoms with van der Waals surface area (Å²) in [6.07, 6.45) is 0.479. The Kier molecular flexibility index (Phi) is 9.77. The van der Waals surface area contributed by atoms with Crippen molar-refractivity contribution >= 4 is 23.6 Å². The first kappa shape index (κ1) is 25.6. The van der Waals surface area contributed by atoms with Crippen molar-refractivity contribution in [2.45, 2.75) is 45.5 Å². The molecular formula is C29H34N2O2S. The molecule has 4 nitrogen and oxygen atoms in total. The van der Waals surface area contributed by atoms with E-state index < -0.39 is 6.04 Å². The predicted molar refractivity (Wildman–Crippen MR) is 142 cm³/mol. The number of rotatable bonds is 11. The molecule has 1 atom stereocenters. The Hall–Kier alpha value is -3.05. The number of aryl methyl sites for hydroxylation is 2. The van der Waals surface area contributed by atoms with Gasteiger partial charge in [-0.05, 0) is 37.5 Å². The maximum absolute atomic E-state index is 13.5. The van der Waals surface area contributed by atoms with Gasteiger partial charge < -0.3 is 10.2 Å². The van der Waals surface area contributed by atoms with Gasteiger partial charge in [-0.15, -0.1) is 11.8 Å². The zero-order valence-electron chi connectivity index (χ0n) is 20.3. The minimum Gasteiger partial charge on any atom is -0.355 e. The fourth-order valence-corrected chi connectivity index (χ4v) is 4.73. The highest BCUT2D eigenvalue weighted by atomic mass is 32.2. The van der Waals surface area contributed by atoms with E-state index in [-0.39, 0.29) is 11.8 Å². The third-order valence-electron chi connectivity index (χ3n) is 5.67. The number of carbonyl (C=O) groups excluding carboxylic acids is 2. The molecule has 2 amide bonds. The van der Waals surface area contributed by atoms with Gasteiger partial charge in [-0.2, -0.15) is 0 Å². The van der Waals surface area contributed by atoms with Crippen LogP contribution in [0.3, 0.4) is 0 Å². The molecule has 0 fully saturated rings. The lowest BCUT2D eigenvalue weighted by atomic mass is 10.0. The highest BCUT2D eigenvalue weighted by molar-refractivity contribution is 7.99. The van der Waals surface area contributed by atoms with Crippen LogP contribution >= 0.6 is 11.8 Å². The van der Waals surface area contributed by atoms with Gasteiger partial charge in [0.2, 0.25) is 11.8 Å². The van der Waals surface area contributed by atoms with Gasteiger partial charge in [0.15, 0.2) is 0 Å². The number of nitrogens with zero attached hydrogens (tertiary/aromatic N) is 1. The van der Waals surface area contributed by atoms with Crippen LogP contribution in [0.4, 0.5) is 0 Å². The lowest BCUT2D eigenvalue weighted by molar-refractivity contribution is -0.139. The van der Waals surface area contributed by atoms with Crippen molar-refractivity contribution in [1.82, 2.24) is 10.2 Å². The Morgan fingerprint density at radius 1 is 0.853 bits per heavy atom. The van der Waals surface area contributed by atoms with Crippen molar-refractivity contribution < 1.29 is 9.59 Å². The number of carbonyl (C=O) groups is 2. The molecule has 1 N–H and O–H groups in total. The van der Waals surface area contributed by atoms with Crippen LogP contribution in [0.2, 0.25) is 0 Å². The molecule has 0 aromatic heterocycles. The van der Waals surface area contributed by atoms with Crippen molar-refractivity contribution in [1.29, 1.82) is 0 Å². The molecule has 0 heterocycles. The minimum atomic E-state index is -0.573. The lowest BCUT2D eigenvalue weighted by Gasteiger charge is -2.31. The normalized spacial score (nSPS) is 11.6. The average Bonchev–Trinajstić information content (AvgIpc) is 2.83. The molecule has 178 valence electrons. The summed E-state index contributed by atoms with van der Waals surface area (Å²) in [5, 5.41) is 2.94. The maximum Gasteiger partial charge on any atom is 0.243 e. The molecule has 0 aliphatic rings. The van der Waals surface area contributed by atoms with Crippen molar-refractivity contribution in [3.05, 3.63) is 107 Å². The topological polar surface area (TPSA) is 49.4 Å². The van der Waals surface area contributed by atoms with Crippen molar-refractivity contribution in [3.63, 3.8) is 0 Å². The summed E-state index contributed by atoms with van der Waals surface area (Å²) in [4.78, 5) is 28.5. The Balaban J connectivity index is 1.81. The highest BCUT2D eigenvalue weighted by Crippen LogP contribution is 2.19. The van der Waals surface area contributed by atoms with Crippen molar-refractivity contribution in [2.24, 2.45) is 0 Å². The zero-order chi connectivity index (χ0) is 24.3. The number of hydrogen-bond acceptors (Lipinski definition) is 3. The third-order valence-corrected chi connectivity index (χ3v) is 6.66. The Bertz CT molecular complexity index is 1070. The van der Waals surface area contributed by atoms with Crippen LogP contribution in [0.5, 0.6) is 0 Å². The highest BCUT2D eigenvalue weighted by Gasteiger charge is 2.30. The summed E-state index contributed by atoms with van der Waals surface area (Å²) >= 11 is 1.59. The second-order valence-corrected chi connectivity index (χ2v) is 9.57. The first-order valence-electron chi connectivity index (χ1n) is 11.8. The largest absolute Gasteiger partial charge is 0.355 e. The number of thioether (sulfide) groups is 1. The molecule has 5 heteroatoms. The maximum atomic E-state index is 13.5. The molecule has 3 aromatic carbocycles. The summed E-state index contributed by atoms with van der Waals surface area (Å²) in [5.74, 6) is 0.946. The summed E-state index contributed by atoms with van der Waals surface area (Å²) in [5.41, 5.74) is 5.63. The van der Waals surface area contributed by atoms with E-state index in [0.717, 1.165) is 16.9 Å². The number of benzene rings is 3. The fourth-order valence-electron chi connectivity index (χ4n) is 3.88. The standard InChI is InChI=1S/C29H34N2O2S/c1-4-30-29(33)27(18-24-10-6-5-7-11-24)31(19-25-15-13-22(2)14-16-25)28(32)21-34-20-26-12-8-9-23(3)17-26/h5-17,27H,4,18-21H2,1-3H3,(H,30,33)/t27-/m1/s1. The molecule has 0 saturated heterocycles. The predicted octanol–water partition coefficient (Wildman–Crippen LogP) is 5.31. The third kappa shape index (κ3) is 7.77. The molecule has 0 aliphatic heterocycles. The van der Waals surface area contributed by atoms with Crippen LogP contribution in [0.25, 0.3) is 0 Å². The smallest absolute Gasteiger partial charge is 0.243 e. The zero-order valence-corrected chi connectivity index (χ0v) is 21.1.